The molecule has 0 amide bonds. The van der Waals surface area contributed by atoms with Crippen molar-refractivity contribution < 1.29 is 22.6 Å². The van der Waals surface area contributed by atoms with Crippen LogP contribution in [0.2, 0.25) is 0 Å². The Balaban J connectivity index is 1.53. The standard InChI is InChI=1S/C26H27F3O2/c1-25(2,21-13-15-22(16-14-21)30-19-26(27,28)29)17-7-9-20-8-6-12-24(18-20)31-23-10-4-3-5-11-23/h3-6,8,10-16,18H,7,9,17,19H2,1-2H3. The van der Waals surface area contributed by atoms with E-state index in [-0.39, 0.29) is 11.2 Å². The predicted molar refractivity (Wildman–Crippen MR) is 117 cm³/mol. The third-order valence-corrected chi connectivity index (χ3v) is 5.18. The molecule has 0 bridgehead atoms. The number of rotatable bonds is 9. The molecule has 0 aliphatic rings. The van der Waals surface area contributed by atoms with Crippen LogP contribution < -0.4 is 9.47 Å². The molecule has 0 aliphatic carbocycles. The van der Waals surface area contributed by atoms with E-state index in [1.54, 1.807) is 12.1 Å². The van der Waals surface area contributed by atoms with Gasteiger partial charge < -0.3 is 9.47 Å². The summed E-state index contributed by atoms with van der Waals surface area (Å²) in [6.07, 6.45) is -1.49. The SMILES string of the molecule is CC(C)(CCCc1cccc(Oc2ccccc2)c1)c1ccc(OCC(F)(F)F)cc1. The molecule has 0 aliphatic heterocycles. The molecule has 0 radical (unpaired) electrons. The van der Waals surface area contributed by atoms with Gasteiger partial charge in [0.2, 0.25) is 0 Å². The fourth-order valence-electron chi connectivity index (χ4n) is 3.44. The van der Waals surface area contributed by atoms with Crippen LogP contribution in [0.25, 0.3) is 0 Å². The molecular weight excluding hydrogens is 401 g/mol. The molecule has 3 aromatic carbocycles. The molecule has 0 aromatic heterocycles. The lowest BCUT2D eigenvalue weighted by Crippen LogP contribution is -2.20. The van der Waals surface area contributed by atoms with Crippen LogP contribution in [0.15, 0.2) is 78.9 Å². The van der Waals surface area contributed by atoms with Gasteiger partial charge in [0.05, 0.1) is 0 Å². The summed E-state index contributed by atoms with van der Waals surface area (Å²) in [6.45, 7) is 3.02. The summed E-state index contributed by atoms with van der Waals surface area (Å²) in [5, 5.41) is 0. The van der Waals surface area contributed by atoms with Crippen molar-refractivity contribution in [2.45, 2.75) is 44.7 Å². The zero-order valence-electron chi connectivity index (χ0n) is 17.8. The lowest BCUT2D eigenvalue weighted by Gasteiger charge is -2.25. The topological polar surface area (TPSA) is 18.5 Å². The lowest BCUT2D eigenvalue weighted by molar-refractivity contribution is -0.153. The summed E-state index contributed by atoms with van der Waals surface area (Å²) < 4.78 is 47.6. The van der Waals surface area contributed by atoms with Crippen LogP contribution in [0.4, 0.5) is 13.2 Å². The minimum absolute atomic E-state index is 0.0965. The van der Waals surface area contributed by atoms with Crippen molar-refractivity contribution in [3.8, 4) is 17.2 Å². The Bertz CT molecular complexity index is 948. The molecule has 0 fully saturated rings. The fraction of sp³-hybridized carbons (Fsp3) is 0.308. The lowest BCUT2D eigenvalue weighted by atomic mass is 9.80. The van der Waals surface area contributed by atoms with E-state index in [0.29, 0.717) is 0 Å². The van der Waals surface area contributed by atoms with E-state index in [9.17, 15) is 13.2 Å². The van der Waals surface area contributed by atoms with Gasteiger partial charge in [0, 0.05) is 0 Å². The summed E-state index contributed by atoms with van der Waals surface area (Å²) in [5.74, 6) is 1.85. The quantitative estimate of drug-likeness (QED) is 0.347. The summed E-state index contributed by atoms with van der Waals surface area (Å²) >= 11 is 0. The summed E-state index contributed by atoms with van der Waals surface area (Å²) in [4.78, 5) is 0. The van der Waals surface area contributed by atoms with E-state index in [0.717, 1.165) is 36.3 Å². The van der Waals surface area contributed by atoms with Gasteiger partial charge in [0.25, 0.3) is 0 Å². The van der Waals surface area contributed by atoms with E-state index < -0.39 is 12.8 Å². The normalized spacial score (nSPS) is 11.9. The second kappa shape index (κ2) is 9.90. The Labute approximate surface area is 181 Å². The first-order chi connectivity index (χ1) is 14.7. The van der Waals surface area contributed by atoms with Gasteiger partial charge in [-0.05, 0) is 72.2 Å². The second-order valence-corrected chi connectivity index (χ2v) is 8.23. The average molecular weight is 428 g/mol. The largest absolute Gasteiger partial charge is 0.484 e. The molecule has 0 unspecified atom stereocenters. The molecule has 0 saturated heterocycles. The third kappa shape index (κ3) is 7.35. The maximum Gasteiger partial charge on any atom is 0.422 e. The highest BCUT2D eigenvalue weighted by Crippen LogP contribution is 2.31. The Morgan fingerprint density at radius 3 is 2.10 bits per heavy atom. The van der Waals surface area contributed by atoms with Crippen molar-refractivity contribution in [2.75, 3.05) is 6.61 Å². The molecule has 31 heavy (non-hydrogen) atoms. The van der Waals surface area contributed by atoms with Crippen molar-refractivity contribution in [1.82, 2.24) is 0 Å². The number of benzene rings is 3. The van der Waals surface area contributed by atoms with E-state index >= 15 is 0 Å². The maximum atomic E-state index is 12.3. The number of para-hydroxylation sites is 1. The van der Waals surface area contributed by atoms with Gasteiger partial charge in [-0.2, -0.15) is 13.2 Å². The minimum atomic E-state index is -4.33. The van der Waals surface area contributed by atoms with Crippen LogP contribution >= 0.6 is 0 Å². The number of halogens is 3. The molecule has 3 aromatic rings. The molecular formula is C26H27F3O2. The molecule has 0 atom stereocenters. The van der Waals surface area contributed by atoms with E-state index in [1.165, 1.54) is 5.56 Å². The number of hydrogen-bond acceptors (Lipinski definition) is 2. The van der Waals surface area contributed by atoms with Gasteiger partial charge in [-0.1, -0.05) is 56.3 Å². The van der Waals surface area contributed by atoms with Crippen LogP contribution in [0.5, 0.6) is 17.2 Å². The molecule has 2 nitrogen and oxygen atoms in total. The Kier molecular flexibility index (Phi) is 7.26. The first kappa shape index (κ1) is 22.7. The summed E-state index contributed by atoms with van der Waals surface area (Å²) in [7, 11) is 0. The van der Waals surface area contributed by atoms with Gasteiger partial charge in [0.15, 0.2) is 6.61 Å². The first-order valence-electron chi connectivity index (χ1n) is 10.3. The Hall–Kier alpha value is -2.95. The summed E-state index contributed by atoms with van der Waals surface area (Å²) in [5.41, 5.74) is 2.19. The molecule has 0 heterocycles. The van der Waals surface area contributed by atoms with Crippen molar-refractivity contribution in [1.29, 1.82) is 0 Å². The minimum Gasteiger partial charge on any atom is -0.484 e. The molecule has 164 valence electrons. The van der Waals surface area contributed by atoms with Crippen molar-refractivity contribution >= 4 is 0 Å². The number of hydrogen-bond donors (Lipinski definition) is 0. The van der Waals surface area contributed by atoms with Gasteiger partial charge in [-0.25, -0.2) is 0 Å². The van der Waals surface area contributed by atoms with Crippen LogP contribution in [0, 0.1) is 0 Å². The van der Waals surface area contributed by atoms with Gasteiger partial charge in [-0.15, -0.1) is 0 Å². The smallest absolute Gasteiger partial charge is 0.422 e. The highest BCUT2D eigenvalue weighted by Gasteiger charge is 2.28. The zero-order chi connectivity index (χ0) is 22.3. The Morgan fingerprint density at radius 1 is 0.742 bits per heavy atom. The van der Waals surface area contributed by atoms with Crippen molar-refractivity contribution in [2.24, 2.45) is 0 Å². The van der Waals surface area contributed by atoms with Crippen molar-refractivity contribution in [3.05, 3.63) is 90.0 Å². The number of aryl methyl sites for hydroxylation is 1. The highest BCUT2D eigenvalue weighted by molar-refractivity contribution is 5.34. The Morgan fingerprint density at radius 2 is 1.42 bits per heavy atom. The van der Waals surface area contributed by atoms with E-state index in [4.69, 9.17) is 9.47 Å². The van der Waals surface area contributed by atoms with Crippen LogP contribution in [0.1, 0.15) is 37.8 Å². The second-order valence-electron chi connectivity index (χ2n) is 8.23. The third-order valence-electron chi connectivity index (χ3n) is 5.18. The summed E-state index contributed by atoms with van der Waals surface area (Å²) in [6, 6.07) is 24.7. The molecule has 0 N–H and O–H groups in total. The van der Waals surface area contributed by atoms with Crippen LogP contribution in [-0.4, -0.2) is 12.8 Å². The van der Waals surface area contributed by atoms with Crippen molar-refractivity contribution in [3.63, 3.8) is 0 Å². The molecule has 0 saturated carbocycles. The van der Waals surface area contributed by atoms with Crippen LogP contribution in [0.3, 0.4) is 0 Å². The van der Waals surface area contributed by atoms with Gasteiger partial charge in [0.1, 0.15) is 17.2 Å². The zero-order valence-corrected chi connectivity index (χ0v) is 17.8. The van der Waals surface area contributed by atoms with Crippen LogP contribution in [-0.2, 0) is 11.8 Å². The fourth-order valence-corrected chi connectivity index (χ4v) is 3.44. The number of ether oxygens (including phenoxy) is 2. The van der Waals surface area contributed by atoms with E-state index in [2.05, 4.69) is 26.0 Å². The molecule has 5 heteroatoms. The molecule has 3 rings (SSSR count). The maximum absolute atomic E-state index is 12.3. The molecule has 0 spiro atoms. The predicted octanol–water partition coefficient (Wildman–Crippen LogP) is 7.72. The van der Waals surface area contributed by atoms with Gasteiger partial charge in [-0.3, -0.25) is 0 Å². The average Bonchev–Trinajstić information content (AvgIpc) is 2.73. The highest BCUT2D eigenvalue weighted by atomic mass is 19.4. The van der Waals surface area contributed by atoms with E-state index in [1.807, 2.05) is 54.6 Å². The first-order valence-corrected chi connectivity index (χ1v) is 10.3. The monoisotopic (exact) mass is 428 g/mol. The van der Waals surface area contributed by atoms with Gasteiger partial charge >= 0.3 is 6.18 Å². The number of alkyl halides is 3.